The van der Waals surface area contributed by atoms with Gasteiger partial charge in [-0.3, -0.25) is 10.1 Å². The first-order valence-electron chi connectivity index (χ1n) is 8.59. The third-order valence-electron chi connectivity index (χ3n) is 3.89. The highest BCUT2D eigenvalue weighted by Gasteiger charge is 2.26. The second kappa shape index (κ2) is 9.72. The number of sulfonamides is 1. The molecule has 2 aromatic carbocycles. The molecule has 0 saturated heterocycles. The Kier molecular flexibility index (Phi) is 7.61. The molecule has 0 spiro atoms. The van der Waals surface area contributed by atoms with Gasteiger partial charge in [0.2, 0.25) is 10.0 Å². The number of nitro benzene ring substituents is 1. The van der Waals surface area contributed by atoms with E-state index in [4.69, 9.17) is 21.1 Å². The largest absolute Gasteiger partial charge is 0.490 e. The Labute approximate surface area is 168 Å². The zero-order valence-electron chi connectivity index (χ0n) is 15.5. The average Bonchev–Trinajstić information content (AvgIpc) is 2.67. The fraction of sp³-hybridized carbons (Fsp3) is 0.333. The van der Waals surface area contributed by atoms with Crippen LogP contribution in [-0.2, 0) is 10.0 Å². The van der Waals surface area contributed by atoms with Crippen LogP contribution in [0.2, 0.25) is 5.02 Å². The molecule has 0 saturated carbocycles. The minimum absolute atomic E-state index is 0.0248. The van der Waals surface area contributed by atoms with Gasteiger partial charge in [-0.15, -0.1) is 0 Å². The molecule has 10 heteroatoms. The van der Waals surface area contributed by atoms with Gasteiger partial charge in [0.1, 0.15) is 19.0 Å². The Morgan fingerprint density at radius 3 is 2.21 bits per heavy atom. The number of hydrogen-bond donors (Lipinski definition) is 0. The molecular weight excluding hydrogens is 408 g/mol. The number of benzene rings is 2. The summed E-state index contributed by atoms with van der Waals surface area (Å²) in [6.07, 6.45) is 0. The summed E-state index contributed by atoms with van der Waals surface area (Å²) in [4.78, 5) is 10.6. The molecule has 0 bridgehead atoms. The van der Waals surface area contributed by atoms with E-state index in [9.17, 15) is 18.5 Å². The molecule has 0 N–H and O–H groups in total. The highest BCUT2D eigenvalue weighted by Crippen LogP contribution is 2.31. The van der Waals surface area contributed by atoms with Crippen molar-refractivity contribution in [3.63, 3.8) is 0 Å². The number of ether oxygens (including phenoxy) is 2. The Hall–Kier alpha value is -2.36. The van der Waals surface area contributed by atoms with Crippen LogP contribution in [0.3, 0.4) is 0 Å². The fourth-order valence-corrected chi connectivity index (χ4v) is 4.08. The second-order valence-corrected chi connectivity index (χ2v) is 8.00. The SMILES string of the molecule is CCN(CC)S(=O)(=O)c1ccc(OCCOc2ccc(Cl)cc2)c([N+](=O)[O-])c1. The summed E-state index contributed by atoms with van der Waals surface area (Å²) in [6, 6.07) is 10.3. The molecule has 0 atom stereocenters. The van der Waals surface area contributed by atoms with Crippen molar-refractivity contribution in [2.24, 2.45) is 0 Å². The van der Waals surface area contributed by atoms with Crippen molar-refractivity contribution in [2.75, 3.05) is 26.3 Å². The maximum Gasteiger partial charge on any atom is 0.312 e. The lowest BCUT2D eigenvalue weighted by Gasteiger charge is -2.18. The summed E-state index contributed by atoms with van der Waals surface area (Å²) in [5, 5.41) is 12.0. The van der Waals surface area contributed by atoms with Crippen molar-refractivity contribution in [3.05, 3.63) is 57.6 Å². The van der Waals surface area contributed by atoms with Crippen molar-refractivity contribution in [1.29, 1.82) is 0 Å². The minimum atomic E-state index is -3.80. The van der Waals surface area contributed by atoms with Gasteiger partial charge in [-0.25, -0.2) is 8.42 Å². The van der Waals surface area contributed by atoms with E-state index in [-0.39, 0.29) is 36.9 Å². The molecule has 0 fully saturated rings. The molecule has 152 valence electrons. The number of hydrogen-bond acceptors (Lipinski definition) is 6. The molecular formula is C18H21ClN2O6S. The van der Waals surface area contributed by atoms with Crippen LogP contribution >= 0.6 is 11.6 Å². The lowest BCUT2D eigenvalue weighted by molar-refractivity contribution is -0.386. The van der Waals surface area contributed by atoms with Crippen LogP contribution in [-0.4, -0.2) is 43.9 Å². The van der Waals surface area contributed by atoms with Gasteiger partial charge < -0.3 is 9.47 Å². The van der Waals surface area contributed by atoms with Crippen molar-refractivity contribution < 1.29 is 22.8 Å². The van der Waals surface area contributed by atoms with E-state index in [1.807, 2.05) is 0 Å². The second-order valence-electron chi connectivity index (χ2n) is 5.63. The summed E-state index contributed by atoms with van der Waals surface area (Å²) in [7, 11) is -3.80. The van der Waals surface area contributed by atoms with Gasteiger partial charge >= 0.3 is 5.69 Å². The lowest BCUT2D eigenvalue weighted by atomic mass is 10.3. The molecule has 8 nitrogen and oxygen atoms in total. The quantitative estimate of drug-likeness (QED) is 0.324. The van der Waals surface area contributed by atoms with E-state index in [0.717, 1.165) is 6.07 Å². The summed E-state index contributed by atoms with van der Waals surface area (Å²) < 4.78 is 37.2. The fourth-order valence-electron chi connectivity index (χ4n) is 2.48. The van der Waals surface area contributed by atoms with Gasteiger partial charge in [0.25, 0.3) is 0 Å². The van der Waals surface area contributed by atoms with Crippen molar-refractivity contribution in [3.8, 4) is 11.5 Å². The van der Waals surface area contributed by atoms with Crippen LogP contribution < -0.4 is 9.47 Å². The highest BCUT2D eigenvalue weighted by molar-refractivity contribution is 7.89. The molecule has 0 aliphatic heterocycles. The standard InChI is InChI=1S/C18H21ClN2O6S/c1-3-20(4-2)28(24,25)16-9-10-18(17(13-16)21(22)23)27-12-11-26-15-7-5-14(19)6-8-15/h5-10,13H,3-4,11-12H2,1-2H3. The minimum Gasteiger partial charge on any atom is -0.490 e. The van der Waals surface area contributed by atoms with E-state index in [1.54, 1.807) is 38.1 Å². The topological polar surface area (TPSA) is 99.0 Å². The number of rotatable bonds is 10. The highest BCUT2D eigenvalue weighted by atomic mass is 35.5. The number of nitrogens with zero attached hydrogens (tertiary/aromatic N) is 2. The smallest absolute Gasteiger partial charge is 0.312 e. The third-order valence-corrected chi connectivity index (χ3v) is 6.19. The van der Waals surface area contributed by atoms with Crippen molar-refractivity contribution >= 4 is 27.3 Å². The molecule has 0 heterocycles. The summed E-state index contributed by atoms with van der Waals surface area (Å²) in [5.74, 6) is 0.561. The lowest BCUT2D eigenvalue weighted by Crippen LogP contribution is -2.30. The Bertz CT molecular complexity index is 914. The van der Waals surface area contributed by atoms with Crippen LogP contribution in [0.4, 0.5) is 5.69 Å². The predicted octanol–water partition coefficient (Wildman–Crippen LogP) is 3.74. The van der Waals surface area contributed by atoms with Gasteiger partial charge in [-0.1, -0.05) is 25.4 Å². The van der Waals surface area contributed by atoms with E-state index >= 15 is 0 Å². The van der Waals surface area contributed by atoms with E-state index < -0.39 is 20.6 Å². The van der Waals surface area contributed by atoms with Gasteiger partial charge in [0, 0.05) is 24.2 Å². The van der Waals surface area contributed by atoms with Gasteiger partial charge in [0.05, 0.1) is 9.82 Å². The average molecular weight is 429 g/mol. The first kappa shape index (κ1) is 21.9. The summed E-state index contributed by atoms with van der Waals surface area (Å²) >= 11 is 5.79. The van der Waals surface area contributed by atoms with Crippen molar-refractivity contribution in [2.45, 2.75) is 18.7 Å². The van der Waals surface area contributed by atoms with E-state index in [0.29, 0.717) is 10.8 Å². The Balaban J connectivity index is 2.10. The molecule has 0 aliphatic carbocycles. The van der Waals surface area contributed by atoms with Crippen molar-refractivity contribution in [1.82, 2.24) is 4.31 Å². The first-order valence-corrected chi connectivity index (χ1v) is 10.4. The zero-order valence-corrected chi connectivity index (χ0v) is 17.1. The van der Waals surface area contributed by atoms with Gasteiger partial charge in [-0.2, -0.15) is 4.31 Å². The monoisotopic (exact) mass is 428 g/mol. The Morgan fingerprint density at radius 1 is 1.04 bits per heavy atom. The predicted molar refractivity (Wildman–Crippen MR) is 106 cm³/mol. The summed E-state index contributed by atoms with van der Waals surface area (Å²) in [6.45, 7) is 4.14. The van der Waals surface area contributed by atoms with E-state index in [1.165, 1.54) is 16.4 Å². The Morgan fingerprint density at radius 2 is 1.64 bits per heavy atom. The van der Waals surface area contributed by atoms with E-state index in [2.05, 4.69) is 0 Å². The van der Waals surface area contributed by atoms with Crippen LogP contribution in [0.5, 0.6) is 11.5 Å². The molecule has 0 unspecified atom stereocenters. The van der Waals surface area contributed by atoms with Crippen LogP contribution in [0.15, 0.2) is 47.4 Å². The molecule has 28 heavy (non-hydrogen) atoms. The molecule has 2 rings (SSSR count). The van der Waals surface area contributed by atoms with Gasteiger partial charge in [-0.05, 0) is 36.4 Å². The molecule has 2 aromatic rings. The van der Waals surface area contributed by atoms with Crippen LogP contribution in [0.25, 0.3) is 0 Å². The first-order chi connectivity index (χ1) is 13.3. The molecule has 0 amide bonds. The zero-order chi connectivity index (χ0) is 20.7. The summed E-state index contributed by atoms with van der Waals surface area (Å²) in [5.41, 5.74) is -0.417. The molecule has 0 aromatic heterocycles. The maximum absolute atomic E-state index is 12.6. The third kappa shape index (κ3) is 5.34. The maximum atomic E-state index is 12.6. The van der Waals surface area contributed by atoms with Crippen LogP contribution in [0, 0.1) is 10.1 Å². The molecule has 0 radical (unpaired) electrons. The number of nitro groups is 1. The normalized spacial score (nSPS) is 11.4. The van der Waals surface area contributed by atoms with Gasteiger partial charge in [0.15, 0.2) is 5.75 Å². The molecule has 0 aliphatic rings. The number of halogens is 1. The van der Waals surface area contributed by atoms with Crippen LogP contribution in [0.1, 0.15) is 13.8 Å².